The molecule has 1 fully saturated rings. The Kier molecular flexibility index (Phi) is 7.34. The summed E-state index contributed by atoms with van der Waals surface area (Å²) in [7, 11) is 1.49. The second-order valence-corrected chi connectivity index (χ2v) is 8.42. The number of imide groups is 1. The Morgan fingerprint density at radius 2 is 2.00 bits per heavy atom. The van der Waals surface area contributed by atoms with Crippen molar-refractivity contribution >= 4 is 50.6 Å². The van der Waals surface area contributed by atoms with Gasteiger partial charge in [-0.2, -0.15) is 0 Å². The number of amides is 2. The van der Waals surface area contributed by atoms with Crippen molar-refractivity contribution in [3.05, 3.63) is 67.0 Å². The molecule has 0 saturated carbocycles. The second-order valence-electron chi connectivity index (χ2n) is 6.57. The predicted octanol–water partition coefficient (Wildman–Crippen LogP) is 5.39. The van der Waals surface area contributed by atoms with E-state index in [-0.39, 0.29) is 23.4 Å². The summed E-state index contributed by atoms with van der Waals surface area (Å²) in [6.45, 7) is 2.40. The summed E-state index contributed by atoms with van der Waals surface area (Å²) < 4.78 is 11.9. The van der Waals surface area contributed by atoms with Crippen LogP contribution in [0.5, 0.6) is 11.5 Å². The highest BCUT2D eigenvalue weighted by Gasteiger charge is 2.34. The molecule has 10 heteroatoms. The zero-order chi connectivity index (χ0) is 22.5. The largest absolute Gasteiger partial charge is 0.493 e. The summed E-state index contributed by atoms with van der Waals surface area (Å²) in [4.78, 5) is 36.6. The van der Waals surface area contributed by atoms with Gasteiger partial charge in [0.2, 0.25) is 0 Å². The third kappa shape index (κ3) is 5.26. The molecule has 0 spiro atoms. The third-order valence-electron chi connectivity index (χ3n) is 4.41. The van der Waals surface area contributed by atoms with Crippen molar-refractivity contribution in [1.29, 1.82) is 0 Å². The molecule has 162 valence electrons. The number of nitrogens with zero attached hydrogens (tertiary/aromatic N) is 2. The van der Waals surface area contributed by atoms with Crippen molar-refractivity contribution in [2.45, 2.75) is 20.0 Å². The van der Waals surface area contributed by atoms with Crippen molar-refractivity contribution in [3.63, 3.8) is 0 Å². The van der Waals surface area contributed by atoms with Gasteiger partial charge in [0.15, 0.2) is 11.5 Å². The first-order valence-corrected chi connectivity index (χ1v) is 10.9. The van der Waals surface area contributed by atoms with Gasteiger partial charge in [0.1, 0.15) is 6.61 Å². The van der Waals surface area contributed by atoms with Crippen LogP contribution in [-0.2, 0) is 11.4 Å². The highest BCUT2D eigenvalue weighted by molar-refractivity contribution is 9.10. The summed E-state index contributed by atoms with van der Waals surface area (Å²) in [5.41, 5.74) is 1.28. The van der Waals surface area contributed by atoms with E-state index in [1.807, 2.05) is 6.92 Å². The molecule has 1 saturated heterocycles. The van der Waals surface area contributed by atoms with Crippen LogP contribution in [0, 0.1) is 10.1 Å². The van der Waals surface area contributed by atoms with E-state index >= 15 is 0 Å². The molecule has 3 rings (SSSR count). The van der Waals surface area contributed by atoms with Crippen LogP contribution in [0.1, 0.15) is 24.5 Å². The summed E-state index contributed by atoms with van der Waals surface area (Å²) in [6.07, 6.45) is 2.33. The Balaban J connectivity index is 1.82. The molecule has 0 unspecified atom stereocenters. The average Bonchev–Trinajstić information content (AvgIpc) is 3.01. The molecule has 0 radical (unpaired) electrons. The van der Waals surface area contributed by atoms with Crippen molar-refractivity contribution in [3.8, 4) is 11.5 Å². The number of non-ortho nitro benzene ring substituents is 1. The Morgan fingerprint density at radius 3 is 2.68 bits per heavy atom. The number of hydrogen-bond acceptors (Lipinski definition) is 7. The molecule has 2 amide bonds. The number of benzene rings is 2. The summed E-state index contributed by atoms with van der Waals surface area (Å²) in [5, 5.41) is 10.7. The quantitative estimate of drug-likeness (QED) is 0.268. The molecular weight excluding hydrogens is 488 g/mol. The zero-order valence-corrected chi connectivity index (χ0v) is 19.2. The van der Waals surface area contributed by atoms with Crippen LogP contribution in [0.4, 0.5) is 10.5 Å². The lowest BCUT2D eigenvalue weighted by Crippen LogP contribution is -2.28. The Bertz CT molecular complexity index is 1070. The van der Waals surface area contributed by atoms with Gasteiger partial charge in [0.25, 0.3) is 16.8 Å². The van der Waals surface area contributed by atoms with E-state index in [0.717, 1.165) is 11.8 Å². The molecule has 1 aliphatic rings. The van der Waals surface area contributed by atoms with Gasteiger partial charge in [-0.15, -0.1) is 0 Å². The standard InChI is InChI=1S/C21H19BrN2O6S/c1-3-7-23-20(25)19(31-21(23)26)10-14-9-17(29-2)18(11-16(14)22)30-12-13-5-4-6-15(8-13)24(27)28/h4-6,8-11H,3,7,12H2,1-2H3/b19-10+. The molecule has 31 heavy (non-hydrogen) atoms. The minimum Gasteiger partial charge on any atom is -0.493 e. The van der Waals surface area contributed by atoms with Crippen molar-refractivity contribution < 1.29 is 24.0 Å². The molecule has 0 N–H and O–H groups in total. The maximum Gasteiger partial charge on any atom is 0.293 e. The van der Waals surface area contributed by atoms with Gasteiger partial charge < -0.3 is 9.47 Å². The first-order valence-electron chi connectivity index (χ1n) is 9.33. The van der Waals surface area contributed by atoms with Crippen molar-refractivity contribution in [2.75, 3.05) is 13.7 Å². The topological polar surface area (TPSA) is 99.0 Å². The predicted molar refractivity (Wildman–Crippen MR) is 121 cm³/mol. The number of hydrogen-bond donors (Lipinski definition) is 0. The van der Waals surface area contributed by atoms with Crippen LogP contribution in [-0.4, -0.2) is 34.6 Å². The number of carbonyl (C=O) groups is 2. The van der Waals surface area contributed by atoms with Gasteiger partial charge in [-0.25, -0.2) is 0 Å². The molecule has 1 aliphatic heterocycles. The highest BCUT2D eigenvalue weighted by atomic mass is 79.9. The summed E-state index contributed by atoms with van der Waals surface area (Å²) in [6, 6.07) is 9.58. The fourth-order valence-electron chi connectivity index (χ4n) is 2.91. The smallest absolute Gasteiger partial charge is 0.293 e. The van der Waals surface area contributed by atoms with E-state index in [9.17, 15) is 19.7 Å². The minimum absolute atomic E-state index is 0.0124. The number of rotatable bonds is 8. The number of methoxy groups -OCH3 is 1. The second kappa shape index (κ2) is 9.97. The van der Waals surface area contributed by atoms with E-state index in [1.54, 1.807) is 30.3 Å². The van der Waals surface area contributed by atoms with Crippen LogP contribution in [0.2, 0.25) is 0 Å². The zero-order valence-electron chi connectivity index (χ0n) is 16.8. The van der Waals surface area contributed by atoms with E-state index < -0.39 is 4.92 Å². The first kappa shape index (κ1) is 22.8. The van der Waals surface area contributed by atoms with Crippen LogP contribution >= 0.6 is 27.7 Å². The third-order valence-corrected chi connectivity index (χ3v) is 6.00. The lowest BCUT2D eigenvalue weighted by Gasteiger charge is -2.13. The van der Waals surface area contributed by atoms with Crippen molar-refractivity contribution in [2.24, 2.45) is 0 Å². The Hall–Kier alpha value is -2.85. The van der Waals surface area contributed by atoms with Crippen molar-refractivity contribution in [1.82, 2.24) is 4.90 Å². The van der Waals surface area contributed by atoms with E-state index in [0.29, 0.717) is 45.0 Å². The van der Waals surface area contributed by atoms with Crippen LogP contribution in [0.3, 0.4) is 0 Å². The Labute approximate surface area is 191 Å². The maximum atomic E-state index is 12.5. The molecule has 2 aromatic carbocycles. The molecule has 8 nitrogen and oxygen atoms in total. The Morgan fingerprint density at radius 1 is 1.23 bits per heavy atom. The molecule has 2 aromatic rings. The summed E-state index contributed by atoms with van der Waals surface area (Å²) >= 11 is 4.37. The normalized spacial score (nSPS) is 14.9. The molecule has 0 bridgehead atoms. The molecule has 1 heterocycles. The van der Waals surface area contributed by atoms with Crippen LogP contribution in [0.25, 0.3) is 6.08 Å². The number of nitro benzene ring substituents is 1. The van der Waals surface area contributed by atoms with Gasteiger partial charge in [-0.05, 0) is 47.5 Å². The number of thioether (sulfide) groups is 1. The van der Waals surface area contributed by atoms with E-state index in [1.165, 1.54) is 24.1 Å². The number of carbonyl (C=O) groups excluding carboxylic acids is 2. The number of halogens is 1. The van der Waals surface area contributed by atoms with Crippen LogP contribution in [0.15, 0.2) is 45.8 Å². The fourth-order valence-corrected chi connectivity index (χ4v) is 4.21. The maximum absolute atomic E-state index is 12.5. The highest BCUT2D eigenvalue weighted by Crippen LogP contribution is 2.38. The molecular formula is C21H19BrN2O6S. The minimum atomic E-state index is -0.461. The van der Waals surface area contributed by atoms with E-state index in [2.05, 4.69) is 15.9 Å². The fraction of sp³-hybridized carbons (Fsp3) is 0.238. The molecule has 0 aromatic heterocycles. The van der Waals surface area contributed by atoms with Gasteiger partial charge >= 0.3 is 0 Å². The average molecular weight is 507 g/mol. The lowest BCUT2D eigenvalue weighted by atomic mass is 10.1. The first-order chi connectivity index (χ1) is 14.8. The van der Waals surface area contributed by atoms with E-state index in [4.69, 9.17) is 9.47 Å². The lowest BCUT2D eigenvalue weighted by molar-refractivity contribution is -0.384. The van der Waals surface area contributed by atoms with Gasteiger partial charge in [-0.1, -0.05) is 35.0 Å². The molecule has 0 aliphatic carbocycles. The SMILES string of the molecule is CCCN1C(=O)S/C(=C/c2cc(OC)c(OCc3cccc([N+](=O)[O-])c3)cc2Br)C1=O. The van der Waals surface area contributed by atoms with Gasteiger partial charge in [-0.3, -0.25) is 24.6 Å². The number of ether oxygens (including phenoxy) is 2. The van der Waals surface area contributed by atoms with Gasteiger partial charge in [0.05, 0.1) is 16.9 Å². The van der Waals surface area contributed by atoms with Gasteiger partial charge in [0, 0.05) is 23.2 Å². The molecule has 0 atom stereocenters. The van der Waals surface area contributed by atoms with Crippen LogP contribution < -0.4 is 9.47 Å². The summed E-state index contributed by atoms with van der Waals surface area (Å²) in [5.74, 6) is 0.540. The monoisotopic (exact) mass is 506 g/mol. The number of nitro groups is 1.